The molecule has 0 spiro atoms. The van der Waals surface area contributed by atoms with Crippen molar-refractivity contribution in [2.24, 2.45) is 0 Å². The van der Waals surface area contributed by atoms with Crippen LogP contribution in [0.4, 0.5) is 10.1 Å². The molecule has 2 rings (SSSR count). The number of hydrogen-bond acceptors (Lipinski definition) is 4. The van der Waals surface area contributed by atoms with E-state index in [4.69, 9.17) is 4.74 Å². The minimum atomic E-state index is -3.83. The van der Waals surface area contributed by atoms with Crippen LogP contribution in [-0.4, -0.2) is 32.8 Å². The second-order valence-electron chi connectivity index (χ2n) is 5.43. The summed E-state index contributed by atoms with van der Waals surface area (Å²) in [4.78, 5) is 11.3. The van der Waals surface area contributed by atoms with E-state index in [1.54, 1.807) is 6.07 Å². The van der Waals surface area contributed by atoms with Gasteiger partial charge in [-0.25, -0.2) is 12.8 Å². The van der Waals surface area contributed by atoms with Gasteiger partial charge in [0, 0.05) is 20.5 Å². The lowest BCUT2D eigenvalue weighted by molar-refractivity contribution is -0.114. The molecular formula is C17H19FN2O4S. The number of anilines is 1. The van der Waals surface area contributed by atoms with Crippen LogP contribution in [0.15, 0.2) is 47.4 Å². The van der Waals surface area contributed by atoms with Gasteiger partial charge in [0.15, 0.2) is 0 Å². The van der Waals surface area contributed by atoms with Gasteiger partial charge in [0.05, 0.1) is 17.7 Å². The lowest BCUT2D eigenvalue weighted by Gasteiger charge is -2.18. The first-order chi connectivity index (χ1) is 11.7. The molecule has 0 heterocycles. The number of hydrogen-bond donors (Lipinski definition) is 1. The minimum absolute atomic E-state index is 0.00375. The number of carbonyl (C=O) groups excluding carboxylic acids is 1. The van der Waals surface area contributed by atoms with E-state index < -0.39 is 15.8 Å². The predicted octanol–water partition coefficient (Wildman–Crippen LogP) is 2.61. The van der Waals surface area contributed by atoms with Crippen molar-refractivity contribution < 1.29 is 22.3 Å². The van der Waals surface area contributed by atoms with Crippen molar-refractivity contribution in [3.8, 4) is 5.75 Å². The Morgan fingerprint density at radius 1 is 1.24 bits per heavy atom. The molecular weight excluding hydrogens is 347 g/mol. The third-order valence-corrected chi connectivity index (χ3v) is 5.28. The standard InChI is InChI=1S/C17H19FN2O4S/c1-12(21)19-16-10-15(7-8-17(16)24-3)25(22,23)20(2)11-13-5-4-6-14(18)9-13/h4-10H,11H2,1-3H3,(H,19,21). The van der Waals surface area contributed by atoms with E-state index in [9.17, 15) is 17.6 Å². The van der Waals surface area contributed by atoms with Gasteiger partial charge in [-0.2, -0.15) is 4.31 Å². The average Bonchev–Trinajstić information content (AvgIpc) is 2.54. The lowest BCUT2D eigenvalue weighted by Crippen LogP contribution is -2.26. The van der Waals surface area contributed by atoms with Crippen LogP contribution in [0.2, 0.25) is 0 Å². The Bertz CT molecular complexity index is 884. The molecule has 0 unspecified atom stereocenters. The van der Waals surface area contributed by atoms with Crippen molar-refractivity contribution in [2.45, 2.75) is 18.4 Å². The number of sulfonamides is 1. The Balaban J connectivity index is 2.33. The zero-order valence-corrected chi connectivity index (χ0v) is 14.9. The quantitative estimate of drug-likeness (QED) is 0.853. The summed E-state index contributed by atoms with van der Waals surface area (Å²) < 4.78 is 45.0. The fraction of sp³-hybridized carbons (Fsp3) is 0.235. The van der Waals surface area contributed by atoms with Gasteiger partial charge >= 0.3 is 0 Å². The molecule has 0 radical (unpaired) electrons. The highest BCUT2D eigenvalue weighted by Crippen LogP contribution is 2.29. The Hall–Kier alpha value is -2.45. The van der Waals surface area contributed by atoms with Crippen molar-refractivity contribution in [1.82, 2.24) is 4.31 Å². The Morgan fingerprint density at radius 2 is 1.96 bits per heavy atom. The van der Waals surface area contributed by atoms with E-state index in [-0.39, 0.29) is 23.0 Å². The van der Waals surface area contributed by atoms with Crippen LogP contribution in [0.25, 0.3) is 0 Å². The number of rotatable bonds is 6. The Kier molecular flexibility index (Phi) is 5.76. The molecule has 0 fully saturated rings. The van der Waals surface area contributed by atoms with Crippen LogP contribution in [0, 0.1) is 5.82 Å². The van der Waals surface area contributed by atoms with Crippen LogP contribution >= 0.6 is 0 Å². The number of ether oxygens (including phenoxy) is 1. The van der Waals surface area contributed by atoms with Gasteiger partial charge in [0.1, 0.15) is 11.6 Å². The monoisotopic (exact) mass is 366 g/mol. The molecule has 0 aliphatic heterocycles. The second-order valence-corrected chi connectivity index (χ2v) is 7.48. The second kappa shape index (κ2) is 7.62. The molecule has 0 aliphatic carbocycles. The molecule has 2 aromatic rings. The molecule has 0 saturated heterocycles. The maximum atomic E-state index is 13.3. The molecule has 134 valence electrons. The first-order valence-corrected chi connectivity index (χ1v) is 8.84. The average molecular weight is 366 g/mol. The largest absolute Gasteiger partial charge is 0.495 e. The topological polar surface area (TPSA) is 75.7 Å². The van der Waals surface area contributed by atoms with Crippen LogP contribution in [0.1, 0.15) is 12.5 Å². The summed E-state index contributed by atoms with van der Waals surface area (Å²) in [5.74, 6) is -0.427. The lowest BCUT2D eigenvalue weighted by atomic mass is 10.2. The van der Waals surface area contributed by atoms with E-state index in [1.165, 1.54) is 57.5 Å². The summed E-state index contributed by atoms with van der Waals surface area (Å²) in [5, 5.41) is 2.54. The predicted molar refractivity (Wildman–Crippen MR) is 92.4 cm³/mol. The summed E-state index contributed by atoms with van der Waals surface area (Å²) in [6.45, 7) is 1.33. The van der Waals surface area contributed by atoms with Crippen LogP contribution in [0.5, 0.6) is 5.75 Å². The highest BCUT2D eigenvalue weighted by atomic mass is 32.2. The number of halogens is 1. The van der Waals surface area contributed by atoms with Crippen molar-refractivity contribution in [1.29, 1.82) is 0 Å². The van der Waals surface area contributed by atoms with E-state index in [2.05, 4.69) is 5.32 Å². The van der Waals surface area contributed by atoms with E-state index >= 15 is 0 Å². The number of nitrogens with one attached hydrogen (secondary N) is 1. The Labute approximate surface area is 146 Å². The minimum Gasteiger partial charge on any atom is -0.495 e. The molecule has 0 atom stereocenters. The fourth-order valence-electron chi connectivity index (χ4n) is 2.29. The van der Waals surface area contributed by atoms with Gasteiger partial charge in [-0.1, -0.05) is 12.1 Å². The number of nitrogens with zero attached hydrogens (tertiary/aromatic N) is 1. The molecule has 0 aromatic heterocycles. The van der Waals surface area contributed by atoms with Crippen molar-refractivity contribution >= 4 is 21.6 Å². The van der Waals surface area contributed by atoms with E-state index in [0.29, 0.717) is 11.3 Å². The highest BCUT2D eigenvalue weighted by molar-refractivity contribution is 7.89. The van der Waals surface area contributed by atoms with Gasteiger partial charge in [0.25, 0.3) is 0 Å². The van der Waals surface area contributed by atoms with Crippen molar-refractivity contribution in [2.75, 3.05) is 19.5 Å². The first kappa shape index (κ1) is 18.9. The molecule has 0 aliphatic rings. The van der Waals surface area contributed by atoms with Crippen molar-refractivity contribution in [3.05, 3.63) is 53.8 Å². The zero-order valence-electron chi connectivity index (χ0n) is 14.1. The van der Waals surface area contributed by atoms with Crippen LogP contribution < -0.4 is 10.1 Å². The summed E-state index contributed by atoms with van der Waals surface area (Å²) in [6.07, 6.45) is 0. The summed E-state index contributed by atoms with van der Waals surface area (Å²) in [6, 6.07) is 9.93. The van der Waals surface area contributed by atoms with Crippen molar-refractivity contribution in [3.63, 3.8) is 0 Å². The maximum absolute atomic E-state index is 13.3. The van der Waals surface area contributed by atoms with Gasteiger partial charge in [-0.05, 0) is 35.9 Å². The zero-order chi connectivity index (χ0) is 18.6. The number of amides is 1. The third kappa shape index (κ3) is 4.55. The van der Waals surface area contributed by atoms with Gasteiger partial charge < -0.3 is 10.1 Å². The summed E-state index contributed by atoms with van der Waals surface area (Å²) in [7, 11) is -1.00. The molecule has 8 heteroatoms. The molecule has 1 N–H and O–H groups in total. The normalized spacial score (nSPS) is 11.4. The SMILES string of the molecule is COc1ccc(S(=O)(=O)N(C)Cc2cccc(F)c2)cc1NC(C)=O. The molecule has 6 nitrogen and oxygen atoms in total. The van der Waals surface area contributed by atoms with Gasteiger partial charge in [-0.3, -0.25) is 4.79 Å². The smallest absolute Gasteiger partial charge is 0.243 e. The number of carbonyl (C=O) groups is 1. The Morgan fingerprint density at radius 3 is 2.56 bits per heavy atom. The molecule has 2 aromatic carbocycles. The number of benzene rings is 2. The van der Waals surface area contributed by atoms with Gasteiger partial charge in [-0.15, -0.1) is 0 Å². The number of methoxy groups -OCH3 is 1. The molecule has 0 saturated carbocycles. The summed E-state index contributed by atoms with van der Waals surface area (Å²) >= 11 is 0. The van der Waals surface area contributed by atoms with Crippen LogP contribution in [0.3, 0.4) is 0 Å². The highest BCUT2D eigenvalue weighted by Gasteiger charge is 2.22. The third-order valence-electron chi connectivity index (χ3n) is 3.48. The molecule has 1 amide bonds. The van der Waals surface area contributed by atoms with Crippen LogP contribution in [-0.2, 0) is 21.4 Å². The first-order valence-electron chi connectivity index (χ1n) is 7.40. The van der Waals surface area contributed by atoms with E-state index in [0.717, 1.165) is 4.31 Å². The fourth-order valence-corrected chi connectivity index (χ4v) is 3.48. The maximum Gasteiger partial charge on any atom is 0.243 e. The summed E-state index contributed by atoms with van der Waals surface area (Å²) in [5.41, 5.74) is 0.789. The molecule has 25 heavy (non-hydrogen) atoms. The molecule has 0 bridgehead atoms. The van der Waals surface area contributed by atoms with Gasteiger partial charge in [0.2, 0.25) is 15.9 Å². The van der Waals surface area contributed by atoms with E-state index in [1.807, 2.05) is 0 Å².